The van der Waals surface area contributed by atoms with Crippen LogP contribution in [-0.4, -0.2) is 41.7 Å². The third-order valence-corrected chi connectivity index (χ3v) is 3.86. The number of ether oxygens (including phenoxy) is 1. The van der Waals surface area contributed by atoms with Gasteiger partial charge in [-0.15, -0.1) is 0 Å². The Morgan fingerprint density at radius 1 is 1.45 bits per heavy atom. The molecule has 1 N–H and O–H groups in total. The van der Waals surface area contributed by atoms with Gasteiger partial charge in [0.05, 0.1) is 6.10 Å². The standard InChI is InChI=1S/C15H21N3O2/c19-15(17-9-13-2-1-6-16-8-13)18-7-5-14(10-18)20-11-12-3-4-12/h1-2,6,8,12,14H,3-5,7,9-11H2,(H,17,19)/t14-/m0/s1. The average molecular weight is 275 g/mol. The number of hydrogen-bond donors (Lipinski definition) is 1. The molecule has 0 radical (unpaired) electrons. The van der Waals surface area contributed by atoms with E-state index >= 15 is 0 Å². The van der Waals surface area contributed by atoms with Gasteiger partial charge >= 0.3 is 6.03 Å². The number of nitrogens with one attached hydrogen (secondary N) is 1. The van der Waals surface area contributed by atoms with Crippen molar-refractivity contribution in [2.24, 2.45) is 5.92 Å². The largest absolute Gasteiger partial charge is 0.376 e. The van der Waals surface area contributed by atoms with Gasteiger partial charge in [0.15, 0.2) is 0 Å². The molecule has 0 spiro atoms. The van der Waals surface area contributed by atoms with Crippen LogP contribution in [0.25, 0.3) is 0 Å². The van der Waals surface area contributed by atoms with E-state index in [2.05, 4.69) is 10.3 Å². The molecule has 0 bridgehead atoms. The van der Waals surface area contributed by atoms with Gasteiger partial charge in [-0.2, -0.15) is 0 Å². The molecule has 2 amide bonds. The molecule has 20 heavy (non-hydrogen) atoms. The van der Waals surface area contributed by atoms with Gasteiger partial charge in [0.1, 0.15) is 0 Å². The fourth-order valence-corrected chi connectivity index (χ4v) is 2.40. The average Bonchev–Trinajstić information content (AvgIpc) is 3.20. The van der Waals surface area contributed by atoms with Gasteiger partial charge in [0.25, 0.3) is 0 Å². The van der Waals surface area contributed by atoms with Crippen molar-refractivity contribution >= 4 is 6.03 Å². The minimum atomic E-state index is -0.00799. The minimum absolute atomic E-state index is 0.00799. The Bertz CT molecular complexity index is 448. The number of nitrogens with zero attached hydrogens (tertiary/aromatic N) is 2. The second-order valence-electron chi connectivity index (χ2n) is 5.65. The van der Waals surface area contributed by atoms with E-state index in [0.29, 0.717) is 13.1 Å². The summed E-state index contributed by atoms with van der Waals surface area (Å²) in [5, 5.41) is 2.93. The predicted molar refractivity (Wildman–Crippen MR) is 75.1 cm³/mol. The molecule has 2 fully saturated rings. The molecule has 1 atom stereocenters. The SMILES string of the molecule is O=C(NCc1cccnc1)N1CC[C@H](OCC2CC2)C1. The van der Waals surface area contributed by atoms with Crippen molar-refractivity contribution in [3.63, 3.8) is 0 Å². The summed E-state index contributed by atoms with van der Waals surface area (Å²) < 4.78 is 5.84. The minimum Gasteiger partial charge on any atom is -0.376 e. The second-order valence-corrected chi connectivity index (χ2v) is 5.65. The van der Waals surface area contributed by atoms with Crippen molar-refractivity contribution in [3.05, 3.63) is 30.1 Å². The third-order valence-electron chi connectivity index (χ3n) is 3.86. The van der Waals surface area contributed by atoms with Crippen LogP contribution in [0.5, 0.6) is 0 Å². The molecule has 5 nitrogen and oxygen atoms in total. The van der Waals surface area contributed by atoms with Crippen molar-refractivity contribution in [3.8, 4) is 0 Å². The number of likely N-dealkylation sites (tertiary alicyclic amines) is 1. The number of aromatic nitrogens is 1. The number of hydrogen-bond acceptors (Lipinski definition) is 3. The van der Waals surface area contributed by atoms with Gasteiger partial charge in [0.2, 0.25) is 0 Å². The van der Waals surface area contributed by atoms with Crippen LogP contribution in [0.1, 0.15) is 24.8 Å². The molecular weight excluding hydrogens is 254 g/mol. The van der Waals surface area contributed by atoms with E-state index in [4.69, 9.17) is 4.74 Å². The number of amides is 2. The zero-order chi connectivity index (χ0) is 13.8. The molecule has 1 aliphatic heterocycles. The first kappa shape index (κ1) is 13.4. The summed E-state index contributed by atoms with van der Waals surface area (Å²) in [6.07, 6.45) is 7.29. The highest BCUT2D eigenvalue weighted by Crippen LogP contribution is 2.29. The summed E-state index contributed by atoms with van der Waals surface area (Å²) in [6, 6.07) is 3.82. The van der Waals surface area contributed by atoms with Crippen LogP contribution in [0.15, 0.2) is 24.5 Å². The highest BCUT2D eigenvalue weighted by molar-refractivity contribution is 5.74. The number of carbonyl (C=O) groups excluding carboxylic acids is 1. The molecule has 2 heterocycles. The summed E-state index contributed by atoms with van der Waals surface area (Å²) in [6.45, 7) is 2.90. The number of rotatable bonds is 5. The highest BCUT2D eigenvalue weighted by Gasteiger charge is 2.29. The quantitative estimate of drug-likeness (QED) is 0.891. The number of pyridine rings is 1. The Morgan fingerprint density at radius 3 is 3.10 bits per heavy atom. The fraction of sp³-hybridized carbons (Fsp3) is 0.600. The highest BCUT2D eigenvalue weighted by atomic mass is 16.5. The zero-order valence-electron chi connectivity index (χ0n) is 11.6. The summed E-state index contributed by atoms with van der Waals surface area (Å²) in [5.41, 5.74) is 1.02. The van der Waals surface area contributed by atoms with Gasteiger partial charge in [-0.3, -0.25) is 4.98 Å². The van der Waals surface area contributed by atoms with Gasteiger partial charge in [-0.25, -0.2) is 4.79 Å². The van der Waals surface area contributed by atoms with Crippen LogP contribution < -0.4 is 5.32 Å². The Labute approximate surface area is 119 Å². The second kappa shape index (κ2) is 6.22. The molecule has 1 saturated carbocycles. The first-order valence-corrected chi connectivity index (χ1v) is 7.34. The van der Waals surface area contributed by atoms with Crippen molar-refractivity contribution in [2.45, 2.75) is 31.9 Å². The summed E-state index contributed by atoms with van der Waals surface area (Å²) in [7, 11) is 0. The van der Waals surface area contributed by atoms with E-state index in [-0.39, 0.29) is 12.1 Å². The van der Waals surface area contributed by atoms with Crippen molar-refractivity contribution in [2.75, 3.05) is 19.7 Å². The summed E-state index contributed by atoms with van der Waals surface area (Å²) in [4.78, 5) is 17.9. The molecule has 0 aromatic carbocycles. The van der Waals surface area contributed by atoms with Crippen LogP contribution in [0.3, 0.4) is 0 Å². The Kier molecular flexibility index (Phi) is 4.16. The Balaban J connectivity index is 1.39. The van der Waals surface area contributed by atoms with Gasteiger partial charge in [-0.05, 0) is 36.8 Å². The molecule has 5 heteroatoms. The molecular formula is C15H21N3O2. The van der Waals surface area contributed by atoms with Crippen molar-refractivity contribution in [1.29, 1.82) is 0 Å². The molecule has 1 aromatic heterocycles. The smallest absolute Gasteiger partial charge is 0.317 e. The van der Waals surface area contributed by atoms with Crippen LogP contribution in [0.4, 0.5) is 4.79 Å². The molecule has 0 unspecified atom stereocenters. The first-order chi connectivity index (χ1) is 9.81. The van der Waals surface area contributed by atoms with E-state index < -0.39 is 0 Å². The number of urea groups is 1. The van der Waals surface area contributed by atoms with Gasteiger partial charge < -0.3 is 15.0 Å². The van der Waals surface area contributed by atoms with E-state index in [1.54, 1.807) is 12.4 Å². The van der Waals surface area contributed by atoms with Crippen LogP contribution >= 0.6 is 0 Å². The first-order valence-electron chi connectivity index (χ1n) is 7.34. The van der Waals surface area contributed by atoms with Gasteiger partial charge in [0, 0.05) is 38.6 Å². The van der Waals surface area contributed by atoms with Crippen LogP contribution in [0.2, 0.25) is 0 Å². The monoisotopic (exact) mass is 275 g/mol. The Morgan fingerprint density at radius 2 is 2.35 bits per heavy atom. The topological polar surface area (TPSA) is 54.5 Å². The predicted octanol–water partition coefficient (Wildman–Crippen LogP) is 1.79. The lowest BCUT2D eigenvalue weighted by Crippen LogP contribution is -2.38. The van der Waals surface area contributed by atoms with E-state index in [1.807, 2.05) is 17.0 Å². The van der Waals surface area contributed by atoms with Crippen molar-refractivity contribution in [1.82, 2.24) is 15.2 Å². The molecule has 2 aliphatic rings. The van der Waals surface area contributed by atoms with E-state index in [1.165, 1.54) is 12.8 Å². The van der Waals surface area contributed by atoms with E-state index in [9.17, 15) is 4.79 Å². The third kappa shape index (κ3) is 3.70. The zero-order valence-corrected chi connectivity index (χ0v) is 11.6. The fourth-order valence-electron chi connectivity index (χ4n) is 2.40. The summed E-state index contributed by atoms with van der Waals surface area (Å²) >= 11 is 0. The van der Waals surface area contributed by atoms with Crippen LogP contribution in [0, 0.1) is 5.92 Å². The number of carbonyl (C=O) groups is 1. The van der Waals surface area contributed by atoms with Crippen LogP contribution in [-0.2, 0) is 11.3 Å². The molecule has 1 aliphatic carbocycles. The lowest BCUT2D eigenvalue weighted by Gasteiger charge is -2.17. The lowest BCUT2D eigenvalue weighted by atomic mass is 10.3. The van der Waals surface area contributed by atoms with Gasteiger partial charge in [-0.1, -0.05) is 6.07 Å². The normalized spacial score (nSPS) is 22.0. The maximum atomic E-state index is 12.1. The lowest BCUT2D eigenvalue weighted by molar-refractivity contribution is 0.0538. The van der Waals surface area contributed by atoms with Crippen molar-refractivity contribution < 1.29 is 9.53 Å². The molecule has 1 saturated heterocycles. The molecule has 108 valence electrons. The summed E-state index contributed by atoms with van der Waals surface area (Å²) in [5.74, 6) is 0.781. The maximum absolute atomic E-state index is 12.1. The molecule has 3 rings (SSSR count). The Hall–Kier alpha value is -1.62. The van der Waals surface area contributed by atoms with E-state index in [0.717, 1.165) is 31.1 Å². The molecule has 1 aromatic rings. The maximum Gasteiger partial charge on any atom is 0.317 e.